The normalized spacial score (nSPS) is 19.7. The van der Waals surface area contributed by atoms with Gasteiger partial charge in [0.15, 0.2) is 5.11 Å². The summed E-state index contributed by atoms with van der Waals surface area (Å²) in [5.74, 6) is -0.216. The highest BCUT2D eigenvalue weighted by molar-refractivity contribution is 7.80. The van der Waals surface area contributed by atoms with Crippen LogP contribution in [0.15, 0.2) is 30.3 Å². The van der Waals surface area contributed by atoms with Gasteiger partial charge in [-0.3, -0.25) is 10.1 Å². The molecule has 148 valence electrons. The maximum absolute atomic E-state index is 12.2. The Morgan fingerprint density at radius 2 is 1.70 bits per heavy atom. The lowest BCUT2D eigenvalue weighted by atomic mass is 9.90. The molecule has 1 fully saturated rings. The molecule has 1 aromatic carbocycles. The second kappa shape index (κ2) is 9.17. The first-order valence-corrected chi connectivity index (χ1v) is 9.69. The lowest BCUT2D eigenvalue weighted by Gasteiger charge is -2.36. The molecule has 1 saturated carbocycles. The SMILES string of the molecule is CN(C(=O)OC(C)(C)C)[C@H]1CC[C@H](NC(=S)NC(=O)c2ccccc2)CC1. The minimum atomic E-state index is -0.493. The molecule has 2 amide bonds. The van der Waals surface area contributed by atoms with Crippen LogP contribution in [-0.4, -0.2) is 46.7 Å². The predicted molar refractivity (Wildman–Crippen MR) is 110 cm³/mol. The first-order valence-electron chi connectivity index (χ1n) is 9.28. The Morgan fingerprint density at radius 3 is 2.26 bits per heavy atom. The monoisotopic (exact) mass is 391 g/mol. The van der Waals surface area contributed by atoms with Crippen molar-refractivity contribution in [2.24, 2.45) is 0 Å². The van der Waals surface area contributed by atoms with Crippen LogP contribution in [0.3, 0.4) is 0 Å². The van der Waals surface area contributed by atoms with Crippen LogP contribution < -0.4 is 10.6 Å². The van der Waals surface area contributed by atoms with Crippen LogP contribution in [0.2, 0.25) is 0 Å². The van der Waals surface area contributed by atoms with Gasteiger partial charge >= 0.3 is 6.09 Å². The fraction of sp³-hybridized carbons (Fsp3) is 0.550. The van der Waals surface area contributed by atoms with Crippen molar-refractivity contribution in [1.82, 2.24) is 15.5 Å². The van der Waals surface area contributed by atoms with Crippen LogP contribution in [0, 0.1) is 0 Å². The molecule has 27 heavy (non-hydrogen) atoms. The number of carbonyl (C=O) groups is 2. The molecule has 0 spiro atoms. The summed E-state index contributed by atoms with van der Waals surface area (Å²) in [5, 5.41) is 6.27. The van der Waals surface area contributed by atoms with E-state index in [0.29, 0.717) is 10.7 Å². The number of nitrogens with one attached hydrogen (secondary N) is 2. The van der Waals surface area contributed by atoms with Gasteiger partial charge in [-0.25, -0.2) is 4.79 Å². The van der Waals surface area contributed by atoms with Gasteiger partial charge in [0, 0.05) is 24.7 Å². The Kier molecular flexibility index (Phi) is 7.18. The summed E-state index contributed by atoms with van der Waals surface area (Å²) in [4.78, 5) is 26.0. The molecular formula is C20H29N3O3S. The van der Waals surface area contributed by atoms with Gasteiger partial charge in [-0.2, -0.15) is 0 Å². The number of thiocarbonyl (C=S) groups is 1. The van der Waals surface area contributed by atoms with Gasteiger partial charge in [0.25, 0.3) is 5.91 Å². The minimum Gasteiger partial charge on any atom is -0.444 e. The third-order valence-electron chi connectivity index (χ3n) is 4.52. The Labute approximate surface area is 166 Å². The van der Waals surface area contributed by atoms with Crippen LogP contribution >= 0.6 is 12.2 Å². The van der Waals surface area contributed by atoms with Gasteiger partial charge in [0.1, 0.15) is 5.60 Å². The van der Waals surface area contributed by atoms with Crippen molar-refractivity contribution in [2.75, 3.05) is 7.05 Å². The van der Waals surface area contributed by atoms with Crippen molar-refractivity contribution in [3.05, 3.63) is 35.9 Å². The molecule has 2 N–H and O–H groups in total. The average molecular weight is 392 g/mol. The topological polar surface area (TPSA) is 70.7 Å². The number of carbonyl (C=O) groups excluding carboxylic acids is 2. The number of nitrogens with zero attached hydrogens (tertiary/aromatic N) is 1. The molecule has 1 aliphatic rings. The van der Waals surface area contributed by atoms with Crippen LogP contribution in [0.25, 0.3) is 0 Å². The number of ether oxygens (including phenoxy) is 1. The van der Waals surface area contributed by atoms with Crippen LogP contribution in [-0.2, 0) is 4.74 Å². The molecule has 1 aliphatic carbocycles. The number of benzene rings is 1. The zero-order valence-electron chi connectivity index (χ0n) is 16.5. The summed E-state index contributed by atoms with van der Waals surface area (Å²) in [6, 6.07) is 9.33. The third-order valence-corrected chi connectivity index (χ3v) is 4.74. The standard InChI is InChI=1S/C20H29N3O3S/c1-20(2,3)26-19(25)23(4)16-12-10-15(11-13-16)21-18(27)22-17(24)14-8-6-5-7-9-14/h5-9,15-16H,10-13H2,1-4H3,(H2,21,22,24,27)/t15-,16-. The number of hydrogen-bond donors (Lipinski definition) is 2. The molecule has 0 unspecified atom stereocenters. The van der Waals surface area contributed by atoms with E-state index in [1.807, 2.05) is 39.0 Å². The molecule has 6 nitrogen and oxygen atoms in total. The Bertz CT molecular complexity index is 665. The highest BCUT2D eigenvalue weighted by Crippen LogP contribution is 2.24. The molecule has 1 aromatic rings. The fourth-order valence-corrected chi connectivity index (χ4v) is 3.34. The minimum absolute atomic E-state index is 0.158. The molecule has 0 radical (unpaired) electrons. The lowest BCUT2D eigenvalue weighted by molar-refractivity contribution is 0.0181. The molecule has 0 aromatic heterocycles. The van der Waals surface area contributed by atoms with Crippen molar-refractivity contribution in [2.45, 2.75) is 64.1 Å². The van der Waals surface area contributed by atoms with E-state index >= 15 is 0 Å². The van der Waals surface area contributed by atoms with Gasteiger partial charge < -0.3 is 15.0 Å². The highest BCUT2D eigenvalue weighted by atomic mass is 32.1. The Morgan fingerprint density at radius 1 is 1.11 bits per heavy atom. The van der Waals surface area contributed by atoms with Crippen molar-refractivity contribution in [1.29, 1.82) is 0 Å². The first kappa shape index (κ1) is 21.2. The third kappa shape index (κ3) is 6.82. The summed E-state index contributed by atoms with van der Waals surface area (Å²) in [6.07, 6.45) is 3.19. The van der Waals surface area contributed by atoms with Crippen molar-refractivity contribution < 1.29 is 14.3 Å². The van der Waals surface area contributed by atoms with E-state index < -0.39 is 5.60 Å². The molecule has 0 heterocycles. The second-order valence-corrected chi connectivity index (χ2v) is 8.30. The van der Waals surface area contributed by atoms with E-state index in [0.717, 1.165) is 25.7 Å². The van der Waals surface area contributed by atoms with Gasteiger partial charge in [-0.1, -0.05) is 18.2 Å². The number of rotatable bonds is 3. The maximum Gasteiger partial charge on any atom is 0.410 e. The summed E-state index contributed by atoms with van der Waals surface area (Å²) < 4.78 is 5.43. The lowest BCUT2D eigenvalue weighted by Crippen LogP contribution is -2.48. The molecule has 0 atom stereocenters. The smallest absolute Gasteiger partial charge is 0.410 e. The number of hydrogen-bond acceptors (Lipinski definition) is 4. The Hall–Kier alpha value is -2.15. The van der Waals surface area contributed by atoms with Gasteiger partial charge in [-0.15, -0.1) is 0 Å². The van der Waals surface area contributed by atoms with Crippen molar-refractivity contribution >= 4 is 29.3 Å². The van der Waals surface area contributed by atoms with Crippen molar-refractivity contribution in [3.63, 3.8) is 0 Å². The average Bonchev–Trinajstić information content (AvgIpc) is 2.61. The van der Waals surface area contributed by atoms with Crippen LogP contribution in [0.5, 0.6) is 0 Å². The molecular weight excluding hydrogens is 362 g/mol. The quantitative estimate of drug-likeness (QED) is 0.772. The second-order valence-electron chi connectivity index (χ2n) is 7.89. The van der Waals surface area contributed by atoms with E-state index in [4.69, 9.17) is 17.0 Å². The van der Waals surface area contributed by atoms with Gasteiger partial charge in [0.05, 0.1) is 0 Å². The molecule has 0 saturated heterocycles. The largest absolute Gasteiger partial charge is 0.444 e. The molecule has 7 heteroatoms. The van der Waals surface area contributed by atoms with Gasteiger partial charge in [-0.05, 0) is 70.8 Å². The van der Waals surface area contributed by atoms with E-state index in [-0.39, 0.29) is 24.1 Å². The molecule has 0 aliphatic heterocycles. The van der Waals surface area contributed by atoms with Gasteiger partial charge in [0.2, 0.25) is 0 Å². The van der Waals surface area contributed by atoms with Crippen LogP contribution in [0.4, 0.5) is 4.79 Å². The van der Waals surface area contributed by atoms with Crippen LogP contribution in [0.1, 0.15) is 56.8 Å². The van der Waals surface area contributed by atoms with E-state index in [9.17, 15) is 9.59 Å². The summed E-state index contributed by atoms with van der Waals surface area (Å²) in [6.45, 7) is 5.60. The van der Waals surface area contributed by atoms with E-state index in [1.54, 1.807) is 24.1 Å². The molecule has 0 bridgehead atoms. The first-order chi connectivity index (χ1) is 12.7. The van der Waals surface area contributed by atoms with Crippen molar-refractivity contribution in [3.8, 4) is 0 Å². The zero-order valence-corrected chi connectivity index (χ0v) is 17.3. The highest BCUT2D eigenvalue weighted by Gasteiger charge is 2.29. The summed E-state index contributed by atoms with van der Waals surface area (Å²) >= 11 is 5.27. The van der Waals surface area contributed by atoms with E-state index in [2.05, 4.69) is 10.6 Å². The Balaban J connectivity index is 1.76. The zero-order chi connectivity index (χ0) is 20.0. The number of amides is 2. The molecule has 2 rings (SSSR count). The van der Waals surface area contributed by atoms with E-state index in [1.165, 1.54) is 0 Å². The summed E-state index contributed by atoms with van der Waals surface area (Å²) in [7, 11) is 1.79. The summed E-state index contributed by atoms with van der Waals surface area (Å²) in [5.41, 5.74) is 0.0807. The maximum atomic E-state index is 12.2. The predicted octanol–water partition coefficient (Wildman–Crippen LogP) is 3.47. The fourth-order valence-electron chi connectivity index (χ4n) is 3.08.